The maximum atomic E-state index is 12.2. The molecule has 0 atom stereocenters. The third-order valence-electron chi connectivity index (χ3n) is 4.13. The Hall–Kier alpha value is -2.33. The number of nitrogens with zero attached hydrogens (tertiary/aromatic N) is 1. The first-order valence-corrected chi connectivity index (χ1v) is 8.44. The number of nitrogens with one attached hydrogen (secondary N) is 1. The minimum Gasteiger partial charge on any atom is -0.348 e. The van der Waals surface area contributed by atoms with Crippen molar-refractivity contribution in [3.8, 4) is 0 Å². The van der Waals surface area contributed by atoms with Crippen LogP contribution in [0.5, 0.6) is 0 Å². The second-order valence-corrected chi connectivity index (χ2v) is 6.29. The molecule has 3 rings (SSSR count). The van der Waals surface area contributed by atoms with E-state index >= 15 is 0 Å². The van der Waals surface area contributed by atoms with Crippen molar-refractivity contribution in [1.29, 1.82) is 0 Å². The molecule has 5 heteroatoms. The van der Waals surface area contributed by atoms with Crippen molar-refractivity contribution in [2.45, 2.75) is 25.8 Å². The molecule has 1 fully saturated rings. The summed E-state index contributed by atoms with van der Waals surface area (Å²) in [5.41, 5.74) is 2.43. The molecular formula is C19H19ClN2O2. The molecule has 0 saturated carbocycles. The molecule has 0 unspecified atom stereocenters. The van der Waals surface area contributed by atoms with Crippen LogP contribution in [0.15, 0.2) is 48.5 Å². The van der Waals surface area contributed by atoms with Crippen LogP contribution >= 0.6 is 11.6 Å². The van der Waals surface area contributed by atoms with Crippen molar-refractivity contribution >= 4 is 29.1 Å². The highest BCUT2D eigenvalue weighted by Crippen LogP contribution is 2.21. The van der Waals surface area contributed by atoms with Crippen LogP contribution in [0.3, 0.4) is 0 Å². The van der Waals surface area contributed by atoms with Crippen molar-refractivity contribution in [2.24, 2.45) is 0 Å². The summed E-state index contributed by atoms with van der Waals surface area (Å²) >= 11 is 5.84. The first-order chi connectivity index (χ1) is 11.6. The average molecular weight is 343 g/mol. The van der Waals surface area contributed by atoms with Crippen LogP contribution in [0.4, 0.5) is 5.69 Å². The van der Waals surface area contributed by atoms with Gasteiger partial charge in [0.15, 0.2) is 0 Å². The molecule has 4 nitrogen and oxygen atoms in total. The van der Waals surface area contributed by atoms with Crippen molar-refractivity contribution in [3.05, 3.63) is 64.7 Å². The highest BCUT2D eigenvalue weighted by Gasteiger charge is 2.19. The average Bonchev–Trinajstić information content (AvgIpc) is 2.61. The number of halogens is 1. The van der Waals surface area contributed by atoms with Gasteiger partial charge in [0.1, 0.15) is 0 Å². The van der Waals surface area contributed by atoms with E-state index in [-0.39, 0.29) is 11.8 Å². The van der Waals surface area contributed by atoms with Crippen LogP contribution in [0, 0.1) is 0 Å². The zero-order valence-corrected chi connectivity index (χ0v) is 14.1. The predicted octanol–water partition coefficient (Wildman–Crippen LogP) is 3.79. The Morgan fingerprint density at radius 1 is 1.04 bits per heavy atom. The Labute approximate surface area is 146 Å². The van der Waals surface area contributed by atoms with Gasteiger partial charge >= 0.3 is 0 Å². The molecule has 1 N–H and O–H groups in total. The number of hydrogen-bond donors (Lipinski definition) is 1. The van der Waals surface area contributed by atoms with Crippen molar-refractivity contribution in [2.75, 3.05) is 11.4 Å². The van der Waals surface area contributed by atoms with Gasteiger partial charge in [-0.2, -0.15) is 0 Å². The maximum Gasteiger partial charge on any atom is 0.251 e. The second-order valence-electron chi connectivity index (χ2n) is 5.86. The third kappa shape index (κ3) is 3.95. The van der Waals surface area contributed by atoms with E-state index < -0.39 is 0 Å². The Bertz CT molecular complexity index is 726. The number of amides is 2. The number of hydrogen-bond acceptors (Lipinski definition) is 2. The topological polar surface area (TPSA) is 49.4 Å². The first kappa shape index (κ1) is 16.5. The number of piperidine rings is 1. The largest absolute Gasteiger partial charge is 0.348 e. The minimum atomic E-state index is -0.138. The Balaban J connectivity index is 1.61. The highest BCUT2D eigenvalue weighted by molar-refractivity contribution is 6.30. The molecule has 2 amide bonds. The van der Waals surface area contributed by atoms with Gasteiger partial charge in [-0.25, -0.2) is 0 Å². The first-order valence-electron chi connectivity index (χ1n) is 8.06. The molecule has 0 bridgehead atoms. The van der Waals surface area contributed by atoms with Gasteiger partial charge in [-0.15, -0.1) is 0 Å². The van der Waals surface area contributed by atoms with Crippen molar-refractivity contribution < 1.29 is 9.59 Å². The van der Waals surface area contributed by atoms with Crippen LogP contribution in [0.2, 0.25) is 5.02 Å². The predicted molar refractivity (Wildman–Crippen MR) is 95.3 cm³/mol. The van der Waals surface area contributed by atoms with E-state index in [0.29, 0.717) is 23.6 Å². The van der Waals surface area contributed by atoms with E-state index in [4.69, 9.17) is 11.6 Å². The minimum absolute atomic E-state index is 0.138. The van der Waals surface area contributed by atoms with E-state index in [2.05, 4.69) is 5.32 Å². The fourth-order valence-corrected chi connectivity index (χ4v) is 2.88. The van der Waals surface area contributed by atoms with Gasteiger partial charge in [0.25, 0.3) is 5.91 Å². The Morgan fingerprint density at radius 3 is 2.42 bits per heavy atom. The lowest BCUT2D eigenvalue weighted by atomic mass is 10.1. The van der Waals surface area contributed by atoms with Crippen LogP contribution in [-0.4, -0.2) is 18.4 Å². The Kier molecular flexibility index (Phi) is 5.16. The number of carbonyl (C=O) groups is 2. The summed E-state index contributed by atoms with van der Waals surface area (Å²) in [6.07, 6.45) is 2.58. The molecule has 24 heavy (non-hydrogen) atoms. The summed E-state index contributed by atoms with van der Waals surface area (Å²) < 4.78 is 0. The monoisotopic (exact) mass is 342 g/mol. The summed E-state index contributed by atoms with van der Waals surface area (Å²) in [5.74, 6) is 0.0164. The molecule has 0 aliphatic carbocycles. The molecule has 0 radical (unpaired) electrons. The molecule has 1 aliphatic heterocycles. The molecule has 1 aliphatic rings. The molecule has 2 aromatic carbocycles. The molecule has 2 aromatic rings. The van der Waals surface area contributed by atoms with Gasteiger partial charge in [-0.05, 0) is 54.8 Å². The lowest BCUT2D eigenvalue weighted by Gasteiger charge is -2.26. The van der Waals surface area contributed by atoms with Crippen LogP contribution in [0.25, 0.3) is 0 Å². The normalized spacial score (nSPS) is 14.5. The number of anilines is 1. The lowest BCUT2D eigenvalue weighted by Crippen LogP contribution is -2.35. The summed E-state index contributed by atoms with van der Waals surface area (Å²) in [6.45, 7) is 1.20. The van der Waals surface area contributed by atoms with Gasteiger partial charge < -0.3 is 10.2 Å². The van der Waals surface area contributed by atoms with E-state index in [1.54, 1.807) is 29.2 Å². The van der Waals surface area contributed by atoms with E-state index in [0.717, 1.165) is 30.6 Å². The molecule has 0 aromatic heterocycles. The SMILES string of the molecule is O=C(NCc1ccc(Cl)cc1)c1ccc(N2CCCCC2=O)cc1. The quantitative estimate of drug-likeness (QED) is 0.919. The standard InChI is InChI=1S/C19H19ClN2O2/c20-16-8-4-14(5-9-16)13-21-19(24)15-6-10-17(11-7-15)22-12-2-1-3-18(22)23/h4-11H,1-3,12-13H2,(H,21,24). The number of rotatable bonds is 4. The summed E-state index contributed by atoms with van der Waals surface area (Å²) in [5, 5.41) is 3.55. The summed E-state index contributed by atoms with van der Waals surface area (Å²) in [6, 6.07) is 14.5. The van der Waals surface area contributed by atoms with Gasteiger partial charge in [0, 0.05) is 35.8 Å². The van der Waals surface area contributed by atoms with Gasteiger partial charge in [-0.1, -0.05) is 23.7 Å². The third-order valence-corrected chi connectivity index (χ3v) is 4.38. The van der Waals surface area contributed by atoms with E-state index in [9.17, 15) is 9.59 Å². The van der Waals surface area contributed by atoms with Crippen LogP contribution in [-0.2, 0) is 11.3 Å². The molecule has 0 spiro atoms. The molecular weight excluding hydrogens is 324 g/mol. The van der Waals surface area contributed by atoms with Crippen molar-refractivity contribution in [1.82, 2.24) is 5.32 Å². The highest BCUT2D eigenvalue weighted by atomic mass is 35.5. The maximum absolute atomic E-state index is 12.2. The van der Waals surface area contributed by atoms with Gasteiger partial charge in [0.2, 0.25) is 5.91 Å². The summed E-state index contributed by atoms with van der Waals surface area (Å²) in [4.78, 5) is 25.9. The fraction of sp³-hybridized carbons (Fsp3) is 0.263. The number of carbonyl (C=O) groups excluding carboxylic acids is 2. The number of benzene rings is 2. The molecule has 1 heterocycles. The molecule has 124 valence electrons. The van der Waals surface area contributed by atoms with Crippen molar-refractivity contribution in [3.63, 3.8) is 0 Å². The van der Waals surface area contributed by atoms with Crippen LogP contribution < -0.4 is 10.2 Å². The second kappa shape index (κ2) is 7.49. The smallest absolute Gasteiger partial charge is 0.251 e. The zero-order chi connectivity index (χ0) is 16.9. The fourth-order valence-electron chi connectivity index (χ4n) is 2.76. The molecule has 1 saturated heterocycles. The van der Waals surface area contributed by atoms with Gasteiger partial charge in [0.05, 0.1) is 0 Å². The zero-order valence-electron chi connectivity index (χ0n) is 13.3. The Morgan fingerprint density at radius 2 is 1.75 bits per heavy atom. The van der Waals surface area contributed by atoms with E-state index in [1.165, 1.54) is 0 Å². The summed E-state index contributed by atoms with van der Waals surface area (Å²) in [7, 11) is 0. The van der Waals surface area contributed by atoms with E-state index in [1.807, 2.05) is 24.3 Å². The van der Waals surface area contributed by atoms with Crippen LogP contribution in [0.1, 0.15) is 35.2 Å². The lowest BCUT2D eigenvalue weighted by molar-refractivity contribution is -0.119. The van der Waals surface area contributed by atoms with Gasteiger partial charge in [-0.3, -0.25) is 9.59 Å².